The highest BCUT2D eigenvalue weighted by atomic mass is 35.5. The zero-order chi connectivity index (χ0) is 16.7. The van der Waals surface area contributed by atoms with Gasteiger partial charge in [-0.2, -0.15) is 4.98 Å². The van der Waals surface area contributed by atoms with Gasteiger partial charge >= 0.3 is 0 Å². The lowest BCUT2D eigenvalue weighted by atomic mass is 10.0. The number of aromatic nitrogens is 2. The molecule has 26 heavy (non-hydrogen) atoms. The van der Waals surface area contributed by atoms with Gasteiger partial charge in [-0.15, -0.1) is 12.4 Å². The van der Waals surface area contributed by atoms with E-state index in [1.54, 1.807) is 0 Å². The van der Waals surface area contributed by atoms with E-state index in [0.29, 0.717) is 17.2 Å². The van der Waals surface area contributed by atoms with Crippen molar-refractivity contribution >= 4 is 12.4 Å². The Kier molecular flexibility index (Phi) is 5.01. The van der Waals surface area contributed by atoms with Gasteiger partial charge in [0.25, 0.3) is 0 Å². The predicted molar refractivity (Wildman–Crippen MR) is 100 cm³/mol. The van der Waals surface area contributed by atoms with Gasteiger partial charge in [0.1, 0.15) is 0 Å². The summed E-state index contributed by atoms with van der Waals surface area (Å²) in [5.41, 5.74) is 2.73. The first-order chi connectivity index (χ1) is 12.3. The second-order valence-electron chi connectivity index (χ2n) is 7.59. The molecule has 1 saturated carbocycles. The summed E-state index contributed by atoms with van der Waals surface area (Å²) >= 11 is 0. The monoisotopic (exact) mass is 376 g/mol. The van der Waals surface area contributed by atoms with Crippen molar-refractivity contribution in [3.05, 3.63) is 35.7 Å². The maximum atomic E-state index is 5.57. The van der Waals surface area contributed by atoms with Gasteiger partial charge in [-0.25, -0.2) is 0 Å². The van der Waals surface area contributed by atoms with Crippen LogP contribution in [0.3, 0.4) is 0 Å². The summed E-state index contributed by atoms with van der Waals surface area (Å²) in [6, 6.07) is 8.54. The minimum atomic E-state index is 0. The Balaban J connectivity index is 0.00000168. The van der Waals surface area contributed by atoms with Gasteiger partial charge in [0.05, 0.1) is 13.2 Å². The Morgan fingerprint density at radius 3 is 2.73 bits per heavy atom. The van der Waals surface area contributed by atoms with E-state index in [2.05, 4.69) is 44.6 Å². The van der Waals surface area contributed by atoms with Crippen LogP contribution in [0.2, 0.25) is 0 Å². The van der Waals surface area contributed by atoms with Crippen LogP contribution in [-0.2, 0) is 11.3 Å². The molecule has 3 aliphatic rings. The zero-order valence-corrected chi connectivity index (χ0v) is 15.6. The van der Waals surface area contributed by atoms with Gasteiger partial charge in [0.15, 0.2) is 0 Å². The molecule has 0 bridgehead atoms. The van der Waals surface area contributed by atoms with Crippen LogP contribution < -0.4 is 5.32 Å². The molecule has 3 heterocycles. The van der Waals surface area contributed by atoms with Gasteiger partial charge < -0.3 is 14.6 Å². The third-order valence-corrected chi connectivity index (χ3v) is 5.93. The molecule has 2 aromatic rings. The molecule has 1 aromatic carbocycles. The number of morpholine rings is 1. The minimum Gasteiger partial charge on any atom is -0.379 e. The highest BCUT2D eigenvalue weighted by molar-refractivity contribution is 5.85. The SMILES string of the molecule is Cl.c1cc(-c2noc(C3CC34CCNC4)n2)ccc1CN1CCOCC1. The summed E-state index contributed by atoms with van der Waals surface area (Å²) in [5.74, 6) is 1.97. The fraction of sp³-hybridized carbons (Fsp3) is 0.579. The number of ether oxygens (including phenoxy) is 1. The first-order valence-corrected chi connectivity index (χ1v) is 9.26. The molecule has 6 nitrogen and oxygen atoms in total. The van der Waals surface area contributed by atoms with Gasteiger partial charge in [-0.05, 0) is 30.4 Å². The summed E-state index contributed by atoms with van der Waals surface area (Å²) < 4.78 is 11.0. The molecule has 5 rings (SSSR count). The molecular formula is C19H25ClN4O2. The molecule has 2 unspecified atom stereocenters. The van der Waals surface area contributed by atoms with Gasteiger partial charge in [0, 0.05) is 37.7 Å². The normalized spacial score (nSPS) is 28.2. The number of nitrogens with zero attached hydrogens (tertiary/aromatic N) is 3. The lowest BCUT2D eigenvalue weighted by molar-refractivity contribution is 0.0342. The van der Waals surface area contributed by atoms with E-state index in [-0.39, 0.29) is 12.4 Å². The van der Waals surface area contributed by atoms with Crippen molar-refractivity contribution in [2.75, 3.05) is 39.4 Å². The van der Waals surface area contributed by atoms with Crippen LogP contribution in [0.15, 0.2) is 28.8 Å². The number of hydrogen-bond donors (Lipinski definition) is 1. The van der Waals surface area contributed by atoms with Crippen LogP contribution in [0.5, 0.6) is 0 Å². The lowest BCUT2D eigenvalue weighted by Gasteiger charge is -2.26. The molecule has 140 valence electrons. The summed E-state index contributed by atoms with van der Waals surface area (Å²) in [5, 5.41) is 7.67. The van der Waals surface area contributed by atoms with E-state index in [0.717, 1.165) is 57.4 Å². The number of benzene rings is 1. The van der Waals surface area contributed by atoms with Crippen molar-refractivity contribution in [3.8, 4) is 11.4 Å². The zero-order valence-electron chi connectivity index (χ0n) is 14.8. The van der Waals surface area contributed by atoms with Crippen molar-refractivity contribution in [2.45, 2.75) is 25.3 Å². The van der Waals surface area contributed by atoms with Crippen LogP contribution in [0, 0.1) is 5.41 Å². The Morgan fingerprint density at radius 2 is 2.00 bits per heavy atom. The molecule has 3 fully saturated rings. The quantitative estimate of drug-likeness (QED) is 0.884. The first-order valence-electron chi connectivity index (χ1n) is 9.26. The topological polar surface area (TPSA) is 63.4 Å². The summed E-state index contributed by atoms with van der Waals surface area (Å²) in [6.45, 7) is 6.86. The Labute approximate surface area is 159 Å². The number of nitrogens with one attached hydrogen (secondary N) is 1. The molecule has 1 aromatic heterocycles. The Hall–Kier alpha value is -1.47. The highest BCUT2D eigenvalue weighted by Crippen LogP contribution is 2.62. The van der Waals surface area contributed by atoms with E-state index < -0.39 is 0 Å². The van der Waals surface area contributed by atoms with E-state index in [1.807, 2.05) is 0 Å². The average Bonchev–Trinajstić information content (AvgIpc) is 3.01. The molecule has 2 aliphatic heterocycles. The highest BCUT2D eigenvalue weighted by Gasteiger charge is 2.58. The van der Waals surface area contributed by atoms with Crippen LogP contribution >= 0.6 is 12.4 Å². The molecule has 1 aliphatic carbocycles. The van der Waals surface area contributed by atoms with Gasteiger partial charge in [-0.3, -0.25) is 4.90 Å². The smallest absolute Gasteiger partial charge is 0.230 e. The van der Waals surface area contributed by atoms with Crippen LogP contribution in [0.4, 0.5) is 0 Å². The second kappa shape index (κ2) is 7.27. The Morgan fingerprint density at radius 1 is 1.19 bits per heavy atom. The second-order valence-corrected chi connectivity index (χ2v) is 7.59. The first kappa shape index (κ1) is 17.9. The standard InChI is InChI=1S/C19H24N4O2.ClH/c1-3-15(4-2-14(1)12-23-7-9-24-10-8-23)17-21-18(25-22-17)16-11-19(16)5-6-20-13-19;/h1-4,16,20H,5-13H2;1H. The van der Waals surface area contributed by atoms with Crippen molar-refractivity contribution in [2.24, 2.45) is 5.41 Å². The molecular weight excluding hydrogens is 352 g/mol. The molecule has 0 radical (unpaired) electrons. The summed E-state index contributed by atoms with van der Waals surface area (Å²) in [7, 11) is 0. The number of rotatable bonds is 4. The molecule has 1 N–H and O–H groups in total. The van der Waals surface area contributed by atoms with Crippen molar-refractivity contribution in [1.29, 1.82) is 0 Å². The van der Waals surface area contributed by atoms with Gasteiger partial charge in [0.2, 0.25) is 11.7 Å². The fourth-order valence-corrected chi connectivity index (χ4v) is 4.20. The maximum Gasteiger partial charge on any atom is 0.230 e. The van der Waals surface area contributed by atoms with Crippen molar-refractivity contribution in [1.82, 2.24) is 20.4 Å². The molecule has 0 amide bonds. The molecule has 2 atom stereocenters. The predicted octanol–water partition coefficient (Wildman–Crippen LogP) is 2.46. The summed E-state index contributed by atoms with van der Waals surface area (Å²) in [4.78, 5) is 7.10. The molecule has 2 saturated heterocycles. The van der Waals surface area contributed by atoms with Crippen molar-refractivity contribution < 1.29 is 9.26 Å². The number of halogens is 1. The largest absolute Gasteiger partial charge is 0.379 e. The maximum absolute atomic E-state index is 5.57. The van der Waals surface area contributed by atoms with E-state index >= 15 is 0 Å². The van der Waals surface area contributed by atoms with Crippen LogP contribution in [0.25, 0.3) is 11.4 Å². The van der Waals surface area contributed by atoms with Crippen LogP contribution in [0.1, 0.15) is 30.2 Å². The molecule has 7 heteroatoms. The average molecular weight is 377 g/mol. The summed E-state index contributed by atoms with van der Waals surface area (Å²) in [6.07, 6.45) is 2.41. The minimum absolute atomic E-state index is 0. The van der Waals surface area contributed by atoms with E-state index in [4.69, 9.17) is 9.26 Å². The van der Waals surface area contributed by atoms with E-state index in [9.17, 15) is 0 Å². The fourth-order valence-electron chi connectivity index (χ4n) is 4.20. The van der Waals surface area contributed by atoms with Crippen molar-refractivity contribution in [3.63, 3.8) is 0 Å². The van der Waals surface area contributed by atoms with Crippen LogP contribution in [-0.4, -0.2) is 54.4 Å². The third kappa shape index (κ3) is 3.39. The third-order valence-electron chi connectivity index (χ3n) is 5.93. The Bertz CT molecular complexity index is 736. The van der Waals surface area contributed by atoms with E-state index in [1.165, 1.54) is 18.4 Å². The number of hydrogen-bond acceptors (Lipinski definition) is 6. The molecule has 1 spiro atoms. The van der Waals surface area contributed by atoms with Gasteiger partial charge in [-0.1, -0.05) is 29.4 Å². The lowest BCUT2D eigenvalue weighted by Crippen LogP contribution is -2.35.